The Kier molecular flexibility index (Phi) is 2.25. The molecule has 3 fully saturated rings. The molecule has 0 saturated carbocycles. The molecule has 5 nitrogen and oxygen atoms in total. The summed E-state index contributed by atoms with van der Waals surface area (Å²) in [5.41, 5.74) is 0. The topological polar surface area (TPSA) is 46.2 Å². The van der Waals surface area contributed by atoms with Gasteiger partial charge in [0.05, 0.1) is 6.61 Å². The predicted molar refractivity (Wildman–Crippen MR) is 58.2 cm³/mol. The van der Waals surface area contributed by atoms with Crippen molar-refractivity contribution in [2.24, 2.45) is 0 Å². The standard InChI is InChI=1S/C12H20O5/c1-10(2)14-7-6-13-12(5)9(8(7)15-10)16-11(3,4)17-12/h7-9H,6H2,1-5H3. The molecule has 0 amide bonds. The van der Waals surface area contributed by atoms with Crippen LogP contribution in [0.1, 0.15) is 34.6 Å². The first kappa shape index (κ1) is 11.9. The summed E-state index contributed by atoms with van der Waals surface area (Å²) in [7, 11) is 0. The number of hydrogen-bond donors (Lipinski definition) is 0. The van der Waals surface area contributed by atoms with Crippen LogP contribution in [0.3, 0.4) is 0 Å². The van der Waals surface area contributed by atoms with Crippen molar-refractivity contribution in [3.05, 3.63) is 0 Å². The zero-order valence-electron chi connectivity index (χ0n) is 11.0. The summed E-state index contributed by atoms with van der Waals surface area (Å²) in [5, 5.41) is 0. The molecular formula is C12H20O5. The number of hydrogen-bond acceptors (Lipinski definition) is 5. The lowest BCUT2D eigenvalue weighted by molar-refractivity contribution is -0.270. The Balaban J connectivity index is 1.88. The number of ether oxygens (including phenoxy) is 5. The van der Waals surface area contributed by atoms with Gasteiger partial charge in [-0.3, -0.25) is 0 Å². The average Bonchev–Trinajstić information content (AvgIpc) is 2.57. The van der Waals surface area contributed by atoms with Crippen molar-refractivity contribution >= 4 is 0 Å². The van der Waals surface area contributed by atoms with E-state index in [0.29, 0.717) is 6.61 Å². The van der Waals surface area contributed by atoms with Gasteiger partial charge in [0.2, 0.25) is 0 Å². The number of rotatable bonds is 0. The largest absolute Gasteiger partial charge is 0.345 e. The normalized spacial score (nSPS) is 51.0. The third-order valence-corrected chi connectivity index (χ3v) is 3.43. The summed E-state index contributed by atoms with van der Waals surface area (Å²) in [6.07, 6.45) is -0.468. The monoisotopic (exact) mass is 244 g/mol. The van der Waals surface area contributed by atoms with Crippen LogP contribution in [0, 0.1) is 0 Å². The first-order valence-electron chi connectivity index (χ1n) is 6.08. The molecule has 0 radical (unpaired) electrons. The van der Waals surface area contributed by atoms with E-state index in [0.717, 1.165) is 0 Å². The summed E-state index contributed by atoms with van der Waals surface area (Å²) in [4.78, 5) is 0. The molecule has 17 heavy (non-hydrogen) atoms. The highest BCUT2D eigenvalue weighted by Gasteiger charge is 2.63. The van der Waals surface area contributed by atoms with E-state index >= 15 is 0 Å². The Morgan fingerprint density at radius 1 is 0.882 bits per heavy atom. The molecule has 0 N–H and O–H groups in total. The van der Waals surface area contributed by atoms with Crippen LogP contribution in [-0.2, 0) is 23.7 Å². The first-order chi connectivity index (χ1) is 7.71. The summed E-state index contributed by atoms with van der Waals surface area (Å²) >= 11 is 0. The summed E-state index contributed by atoms with van der Waals surface area (Å²) in [6, 6.07) is 0. The smallest absolute Gasteiger partial charge is 0.197 e. The molecule has 4 atom stereocenters. The van der Waals surface area contributed by atoms with Gasteiger partial charge in [0.25, 0.3) is 0 Å². The highest BCUT2D eigenvalue weighted by Crippen LogP contribution is 2.46. The van der Waals surface area contributed by atoms with Gasteiger partial charge < -0.3 is 23.7 Å². The second-order valence-electron chi connectivity index (χ2n) is 6.01. The van der Waals surface area contributed by atoms with Crippen LogP contribution in [-0.4, -0.2) is 42.3 Å². The molecular weight excluding hydrogens is 224 g/mol. The lowest BCUT2D eigenvalue weighted by Gasteiger charge is -2.38. The number of fused-ring (bicyclic) bond motifs is 3. The maximum atomic E-state index is 5.92. The average molecular weight is 244 g/mol. The van der Waals surface area contributed by atoms with E-state index in [1.807, 2.05) is 34.6 Å². The van der Waals surface area contributed by atoms with E-state index in [1.165, 1.54) is 0 Å². The Morgan fingerprint density at radius 3 is 2.29 bits per heavy atom. The third-order valence-electron chi connectivity index (χ3n) is 3.43. The molecule has 3 aliphatic rings. The molecule has 3 heterocycles. The molecule has 0 aromatic carbocycles. The Labute approximate surface area is 101 Å². The molecule has 0 aromatic heterocycles. The van der Waals surface area contributed by atoms with Crippen molar-refractivity contribution in [3.8, 4) is 0 Å². The molecule has 5 heteroatoms. The molecule has 0 aliphatic carbocycles. The quantitative estimate of drug-likeness (QED) is 0.644. The molecule has 98 valence electrons. The molecule has 4 unspecified atom stereocenters. The van der Waals surface area contributed by atoms with Crippen molar-refractivity contribution < 1.29 is 23.7 Å². The lowest BCUT2D eigenvalue weighted by atomic mass is 9.98. The predicted octanol–water partition coefficient (Wildman–Crippen LogP) is 1.40. The maximum Gasteiger partial charge on any atom is 0.197 e. The molecule has 3 saturated heterocycles. The van der Waals surface area contributed by atoms with Gasteiger partial charge >= 0.3 is 0 Å². The van der Waals surface area contributed by atoms with Gasteiger partial charge in [-0.05, 0) is 34.6 Å². The lowest BCUT2D eigenvalue weighted by Crippen LogP contribution is -2.56. The van der Waals surface area contributed by atoms with Crippen LogP contribution < -0.4 is 0 Å². The van der Waals surface area contributed by atoms with Crippen molar-refractivity contribution in [2.45, 2.75) is 70.3 Å². The fourth-order valence-corrected chi connectivity index (χ4v) is 2.96. The third kappa shape index (κ3) is 1.81. The second-order valence-corrected chi connectivity index (χ2v) is 6.01. The van der Waals surface area contributed by atoms with Crippen LogP contribution in [0.15, 0.2) is 0 Å². The Bertz CT molecular complexity index is 340. The van der Waals surface area contributed by atoms with E-state index in [-0.39, 0.29) is 18.3 Å². The highest BCUT2D eigenvalue weighted by atomic mass is 16.9. The van der Waals surface area contributed by atoms with E-state index in [4.69, 9.17) is 23.7 Å². The minimum absolute atomic E-state index is 0.0828. The second kappa shape index (κ2) is 3.22. The van der Waals surface area contributed by atoms with E-state index in [2.05, 4.69) is 0 Å². The molecule has 3 rings (SSSR count). The van der Waals surface area contributed by atoms with Crippen molar-refractivity contribution in [2.75, 3.05) is 6.61 Å². The first-order valence-corrected chi connectivity index (χ1v) is 6.08. The van der Waals surface area contributed by atoms with E-state index in [9.17, 15) is 0 Å². The Hall–Kier alpha value is -0.200. The summed E-state index contributed by atoms with van der Waals surface area (Å²) < 4.78 is 29.2. The van der Waals surface area contributed by atoms with Gasteiger partial charge in [0.15, 0.2) is 17.4 Å². The van der Waals surface area contributed by atoms with E-state index in [1.54, 1.807) is 0 Å². The van der Waals surface area contributed by atoms with Crippen LogP contribution in [0.4, 0.5) is 0 Å². The van der Waals surface area contributed by atoms with Gasteiger partial charge in [-0.1, -0.05) is 0 Å². The Morgan fingerprint density at radius 2 is 1.59 bits per heavy atom. The molecule has 0 spiro atoms. The van der Waals surface area contributed by atoms with Crippen LogP contribution in [0.5, 0.6) is 0 Å². The van der Waals surface area contributed by atoms with Gasteiger partial charge in [0.1, 0.15) is 18.3 Å². The zero-order valence-corrected chi connectivity index (χ0v) is 11.0. The minimum Gasteiger partial charge on any atom is -0.345 e. The van der Waals surface area contributed by atoms with Crippen LogP contribution >= 0.6 is 0 Å². The van der Waals surface area contributed by atoms with Gasteiger partial charge in [-0.25, -0.2) is 0 Å². The molecule has 0 bridgehead atoms. The fourth-order valence-electron chi connectivity index (χ4n) is 2.96. The van der Waals surface area contributed by atoms with Crippen molar-refractivity contribution in [3.63, 3.8) is 0 Å². The van der Waals surface area contributed by atoms with Gasteiger partial charge in [-0.15, -0.1) is 0 Å². The van der Waals surface area contributed by atoms with Crippen molar-refractivity contribution in [1.82, 2.24) is 0 Å². The summed E-state index contributed by atoms with van der Waals surface area (Å²) in [5.74, 6) is -1.97. The van der Waals surface area contributed by atoms with E-state index < -0.39 is 17.4 Å². The van der Waals surface area contributed by atoms with Crippen molar-refractivity contribution in [1.29, 1.82) is 0 Å². The molecule has 3 aliphatic heterocycles. The SMILES string of the molecule is CC1(C)OC2COC3(C)OC(C)(C)OC3C2O1. The van der Waals surface area contributed by atoms with Crippen LogP contribution in [0.2, 0.25) is 0 Å². The fraction of sp³-hybridized carbons (Fsp3) is 1.00. The zero-order chi connectivity index (χ0) is 12.5. The van der Waals surface area contributed by atoms with Gasteiger partial charge in [-0.2, -0.15) is 0 Å². The summed E-state index contributed by atoms with van der Waals surface area (Å²) in [6.45, 7) is 9.96. The van der Waals surface area contributed by atoms with Crippen LogP contribution in [0.25, 0.3) is 0 Å². The molecule has 0 aromatic rings. The minimum atomic E-state index is -0.742. The highest BCUT2D eigenvalue weighted by molar-refractivity contribution is 5.01. The van der Waals surface area contributed by atoms with Gasteiger partial charge in [0, 0.05) is 0 Å². The maximum absolute atomic E-state index is 5.92.